The molecule has 13 heteroatoms. The van der Waals surface area contributed by atoms with E-state index >= 15 is 0 Å². The second kappa shape index (κ2) is 26.8. The van der Waals surface area contributed by atoms with Crippen molar-refractivity contribution in [3.05, 3.63) is 172 Å². The topological polar surface area (TPSA) is 156 Å². The minimum Gasteiger partial charge on any atom is -0.495 e. The number of aliphatic hydroxyl groups is 1. The molecule has 1 amide bonds. The fourth-order valence-corrected chi connectivity index (χ4v) is 8.35. The van der Waals surface area contributed by atoms with E-state index in [0.29, 0.717) is 75.2 Å². The Morgan fingerprint density at radius 1 is 0.817 bits per heavy atom. The van der Waals surface area contributed by atoms with Crippen LogP contribution in [0.1, 0.15) is 79.4 Å². The second-order valence-corrected chi connectivity index (χ2v) is 17.6. The van der Waals surface area contributed by atoms with Crippen LogP contribution in [0.3, 0.4) is 0 Å². The third-order valence-electron chi connectivity index (χ3n) is 11.8. The summed E-state index contributed by atoms with van der Waals surface area (Å²) in [5, 5.41) is 16.8. The molecule has 2 aromatic heterocycles. The van der Waals surface area contributed by atoms with Crippen molar-refractivity contribution < 1.29 is 37.7 Å². The Bertz CT molecular complexity index is 2820. The number of methoxy groups -OCH3 is 2. The number of ketones is 1. The summed E-state index contributed by atoms with van der Waals surface area (Å²) in [7, 11) is 3.01. The third kappa shape index (κ3) is 15.0. The van der Waals surface area contributed by atoms with Gasteiger partial charge in [-0.05, 0) is 61.2 Å². The average Bonchev–Trinajstić information content (AvgIpc) is 3.86. The van der Waals surface area contributed by atoms with Gasteiger partial charge in [-0.15, -0.1) is 0 Å². The number of hydrogen-bond acceptors (Lipinski definition) is 12. The maximum atomic E-state index is 12.2. The van der Waals surface area contributed by atoms with Crippen molar-refractivity contribution in [1.82, 2.24) is 15.1 Å². The van der Waals surface area contributed by atoms with E-state index in [1.54, 1.807) is 31.2 Å². The van der Waals surface area contributed by atoms with Crippen LogP contribution in [0.2, 0.25) is 0 Å². The summed E-state index contributed by atoms with van der Waals surface area (Å²) >= 11 is 0. The van der Waals surface area contributed by atoms with E-state index in [-0.39, 0.29) is 29.8 Å². The number of aliphatic hydroxyl groups excluding tert-OH is 1. The highest BCUT2D eigenvalue weighted by Crippen LogP contribution is 2.42. The lowest BCUT2D eigenvalue weighted by molar-refractivity contribution is -0.116. The van der Waals surface area contributed by atoms with Gasteiger partial charge in [-0.25, -0.2) is 0 Å². The summed E-state index contributed by atoms with van der Waals surface area (Å²) in [6, 6.07) is 41.1. The number of carbonyl (C=O) groups is 2. The molecule has 1 fully saturated rings. The standard InChI is InChI=1S/C26H28N2.C18H28N2O4.C14H12O5/c1-4-11-23(12-5-1)13-10-18-27-19-21-28(22-20-27)26(24-14-6-2-7-15-24)25-16-8-3-9-17-25;1-5-6-18(23)20-14-7-8-17(16(9-14)13(4)21)24-11-15(22)10-19-12(2)3;1-7-6-9(15)10-11(16-2)8-4-5-18-12(8)14(17-3)13(10)19-7/h1-17,26H,18-22H2;7-9,12,15,19,22H,5-6,10-11H2,1-4H3,(H,20,23);4-6H,1-3H3/b13-10+;;. The Morgan fingerprint density at radius 2 is 1.45 bits per heavy atom. The normalized spacial score (nSPS) is 13.4. The number of Topliss-reactive ketones (excluding diaryl/α,β-unsaturated/α-hetero) is 1. The summed E-state index contributed by atoms with van der Waals surface area (Å²) < 4.78 is 27.3. The third-order valence-corrected chi connectivity index (χ3v) is 11.8. The van der Waals surface area contributed by atoms with Crippen LogP contribution in [0.25, 0.3) is 28.0 Å². The molecule has 13 nitrogen and oxygen atoms in total. The highest BCUT2D eigenvalue weighted by atomic mass is 16.5. The number of aryl methyl sites for hydroxylation is 1. The van der Waals surface area contributed by atoms with Crippen molar-refractivity contribution in [3.63, 3.8) is 0 Å². The maximum Gasteiger partial charge on any atom is 0.224 e. The minimum absolute atomic E-state index is 0.0849. The van der Waals surface area contributed by atoms with Crippen LogP contribution in [0, 0.1) is 6.92 Å². The highest BCUT2D eigenvalue weighted by molar-refractivity contribution is 6.06. The van der Waals surface area contributed by atoms with Gasteiger partial charge >= 0.3 is 0 Å². The number of nitrogens with zero attached hydrogens (tertiary/aromatic N) is 2. The Hall–Kier alpha value is -7.03. The van der Waals surface area contributed by atoms with E-state index in [4.69, 9.17) is 23.0 Å². The monoisotopic (exact) mass is 964 g/mol. The number of furan rings is 1. The average molecular weight is 965 g/mol. The first-order chi connectivity index (χ1) is 34.4. The number of amides is 1. The van der Waals surface area contributed by atoms with Crippen LogP contribution in [0.5, 0.6) is 17.2 Å². The molecule has 0 saturated carbocycles. The lowest BCUT2D eigenvalue weighted by atomic mass is 9.96. The molecule has 7 aromatic rings. The number of nitrogens with one attached hydrogen (secondary N) is 2. The zero-order chi connectivity index (χ0) is 50.7. The second-order valence-electron chi connectivity index (χ2n) is 17.6. The van der Waals surface area contributed by atoms with E-state index in [1.807, 2.05) is 20.8 Å². The zero-order valence-corrected chi connectivity index (χ0v) is 42.0. The van der Waals surface area contributed by atoms with Crippen molar-refractivity contribution in [1.29, 1.82) is 0 Å². The van der Waals surface area contributed by atoms with E-state index < -0.39 is 6.10 Å². The first-order valence-electron chi connectivity index (χ1n) is 24.2. The Morgan fingerprint density at radius 3 is 2.04 bits per heavy atom. The van der Waals surface area contributed by atoms with Crippen LogP contribution >= 0.6 is 0 Å². The molecule has 1 aliphatic heterocycles. The number of anilines is 1. The summed E-state index contributed by atoms with van der Waals surface area (Å²) in [6.45, 7) is 15.0. The molecule has 3 heterocycles. The summed E-state index contributed by atoms with van der Waals surface area (Å²) in [5.74, 6) is 1.50. The van der Waals surface area contributed by atoms with Gasteiger partial charge in [0.25, 0.3) is 0 Å². The predicted octanol–water partition coefficient (Wildman–Crippen LogP) is 10.3. The molecular weight excluding hydrogens is 897 g/mol. The quantitative estimate of drug-likeness (QED) is 0.0701. The van der Waals surface area contributed by atoms with E-state index in [2.05, 4.69) is 124 Å². The highest BCUT2D eigenvalue weighted by Gasteiger charge is 2.26. The van der Waals surface area contributed by atoms with Crippen LogP contribution < -0.4 is 30.3 Å². The molecule has 0 spiro atoms. The molecule has 5 aromatic carbocycles. The molecule has 1 aliphatic rings. The number of ether oxygens (including phenoxy) is 3. The van der Waals surface area contributed by atoms with Crippen LogP contribution in [0.15, 0.2) is 147 Å². The molecule has 0 aliphatic carbocycles. The van der Waals surface area contributed by atoms with Gasteiger partial charge in [0.15, 0.2) is 22.4 Å². The fourth-order valence-electron chi connectivity index (χ4n) is 8.35. The van der Waals surface area contributed by atoms with Crippen molar-refractivity contribution >= 4 is 45.4 Å². The van der Waals surface area contributed by atoms with Crippen LogP contribution in [-0.4, -0.2) is 98.8 Å². The van der Waals surface area contributed by atoms with Crippen molar-refractivity contribution in [2.45, 2.75) is 65.6 Å². The Labute approximate surface area is 417 Å². The first-order valence-corrected chi connectivity index (χ1v) is 24.2. The molecule has 3 N–H and O–H groups in total. The summed E-state index contributed by atoms with van der Waals surface area (Å²) in [4.78, 5) is 40.8. The molecule has 8 rings (SSSR count). The summed E-state index contributed by atoms with van der Waals surface area (Å²) in [6.07, 6.45) is 6.56. The van der Waals surface area contributed by atoms with Crippen molar-refractivity contribution in [2.24, 2.45) is 0 Å². The van der Waals surface area contributed by atoms with Gasteiger partial charge < -0.3 is 38.8 Å². The number of rotatable bonds is 18. The fraction of sp³-hybridized carbons (Fsp3) is 0.328. The number of benzene rings is 5. The van der Waals surface area contributed by atoms with E-state index in [0.717, 1.165) is 39.1 Å². The molecule has 0 radical (unpaired) electrons. The molecular formula is C58H68N4O9. The summed E-state index contributed by atoms with van der Waals surface area (Å²) in [5.41, 5.74) is 5.65. The first kappa shape index (κ1) is 53.3. The van der Waals surface area contributed by atoms with E-state index in [9.17, 15) is 19.5 Å². The van der Waals surface area contributed by atoms with Gasteiger partial charge in [-0.2, -0.15) is 0 Å². The van der Waals surface area contributed by atoms with Gasteiger partial charge in [0.2, 0.25) is 11.7 Å². The van der Waals surface area contributed by atoms with Gasteiger partial charge in [0.05, 0.1) is 37.5 Å². The molecule has 1 saturated heterocycles. The molecule has 374 valence electrons. The lowest BCUT2D eigenvalue weighted by Crippen LogP contribution is -2.47. The van der Waals surface area contributed by atoms with Gasteiger partial charge in [0, 0.05) is 63.5 Å². The molecule has 1 unspecified atom stereocenters. The van der Waals surface area contributed by atoms with Gasteiger partial charge in [-0.1, -0.05) is 124 Å². The number of carbonyl (C=O) groups excluding carboxylic acids is 2. The minimum atomic E-state index is -0.670. The predicted molar refractivity (Wildman–Crippen MR) is 283 cm³/mol. The van der Waals surface area contributed by atoms with Gasteiger partial charge in [0.1, 0.15) is 35.4 Å². The van der Waals surface area contributed by atoms with Crippen molar-refractivity contribution in [3.8, 4) is 17.2 Å². The van der Waals surface area contributed by atoms with E-state index in [1.165, 1.54) is 50.2 Å². The zero-order valence-electron chi connectivity index (χ0n) is 42.0. The molecule has 0 bridgehead atoms. The Kier molecular flexibility index (Phi) is 20.1. The number of hydrogen-bond donors (Lipinski definition) is 3. The SMILES string of the molecule is C(=C\c1ccccc1)/CN1CCN(C(c2ccccc2)c2ccccc2)CC1.CCCC(=O)Nc1ccc(OCC(O)CNC(C)C)c(C(C)=O)c1.COc1c2occc2c(OC)c2c(=O)cc(C)oc12. The lowest BCUT2D eigenvalue weighted by Gasteiger charge is -2.39. The molecule has 1 atom stereocenters. The van der Waals surface area contributed by atoms with Crippen molar-refractivity contribution in [2.75, 3.05) is 65.4 Å². The molecule has 71 heavy (non-hydrogen) atoms. The maximum absolute atomic E-state index is 12.2. The number of fused-ring (bicyclic) bond motifs is 2. The number of piperazine rings is 1. The van der Waals surface area contributed by atoms with Crippen LogP contribution in [-0.2, 0) is 4.79 Å². The smallest absolute Gasteiger partial charge is 0.224 e. The van der Waals surface area contributed by atoms with Gasteiger partial charge in [-0.3, -0.25) is 24.2 Å². The largest absolute Gasteiger partial charge is 0.495 e. The Balaban J connectivity index is 0.000000178. The van der Waals surface area contributed by atoms with Crippen LogP contribution in [0.4, 0.5) is 5.69 Å².